The predicted molar refractivity (Wildman–Crippen MR) is 99.7 cm³/mol. The maximum absolute atomic E-state index is 5.99. The average Bonchev–Trinajstić information content (AvgIpc) is 3.07. The molecule has 0 radical (unpaired) electrons. The Morgan fingerprint density at radius 3 is 2.48 bits per heavy atom. The van der Waals surface area contributed by atoms with Crippen molar-refractivity contribution in [3.8, 4) is 17.2 Å². The summed E-state index contributed by atoms with van der Waals surface area (Å²) in [5.74, 6) is 2.52. The minimum absolute atomic E-state index is 0.485. The number of aromatic nitrogens is 1. The van der Waals surface area contributed by atoms with Crippen molar-refractivity contribution in [3.63, 3.8) is 0 Å². The number of hydrogen-bond donors (Lipinski definition) is 0. The van der Waals surface area contributed by atoms with Gasteiger partial charge in [-0.05, 0) is 50.2 Å². The molecule has 3 nitrogen and oxygen atoms in total. The van der Waals surface area contributed by atoms with Crippen LogP contribution in [0, 0.1) is 13.8 Å². The van der Waals surface area contributed by atoms with E-state index in [2.05, 4.69) is 31.2 Å². The summed E-state index contributed by atoms with van der Waals surface area (Å²) in [5.41, 5.74) is 4.08. The quantitative estimate of drug-likeness (QED) is 0.482. The molecule has 2 aromatic carbocycles. The third-order valence-corrected chi connectivity index (χ3v) is 4.21. The number of hydrogen-bond acceptors (Lipinski definition) is 3. The molecule has 0 amide bonds. The Balaban J connectivity index is 1.72. The van der Waals surface area contributed by atoms with E-state index in [1.54, 1.807) is 0 Å². The number of para-hydroxylation sites is 1. The summed E-state index contributed by atoms with van der Waals surface area (Å²) in [6, 6.07) is 22.2. The lowest BCUT2D eigenvalue weighted by Crippen LogP contribution is -1.98. The summed E-state index contributed by atoms with van der Waals surface area (Å²) >= 11 is 0. The van der Waals surface area contributed by atoms with Gasteiger partial charge in [0.1, 0.15) is 23.8 Å². The Morgan fingerprint density at radius 2 is 1.72 bits per heavy atom. The van der Waals surface area contributed by atoms with Gasteiger partial charge >= 0.3 is 0 Å². The van der Waals surface area contributed by atoms with Crippen LogP contribution in [0.5, 0.6) is 5.75 Å². The average molecular weight is 329 g/mol. The molecule has 3 heteroatoms. The monoisotopic (exact) mass is 329 g/mol. The smallest absolute Gasteiger partial charge is 0.152 e. The number of furan rings is 1. The molecule has 0 aliphatic rings. The van der Waals surface area contributed by atoms with Gasteiger partial charge in [-0.1, -0.05) is 35.9 Å². The number of ether oxygens (including phenoxy) is 1. The second-order valence-electron chi connectivity index (χ2n) is 6.20. The van der Waals surface area contributed by atoms with Crippen molar-refractivity contribution >= 4 is 10.9 Å². The minimum atomic E-state index is 0.485. The predicted octanol–water partition coefficient (Wildman–Crippen LogP) is 5.69. The lowest BCUT2D eigenvalue weighted by atomic mass is 10.1. The second kappa shape index (κ2) is 6.44. The van der Waals surface area contributed by atoms with E-state index in [9.17, 15) is 0 Å². The second-order valence-corrected chi connectivity index (χ2v) is 6.20. The lowest BCUT2D eigenvalue weighted by molar-refractivity contribution is 0.307. The number of aryl methyl sites for hydroxylation is 2. The zero-order valence-electron chi connectivity index (χ0n) is 14.3. The SMILES string of the molecule is Cc1ccc(OCc2cc(-c3ccc(C)o3)nc3ccccc23)cc1. The van der Waals surface area contributed by atoms with E-state index in [0.717, 1.165) is 39.4 Å². The normalized spacial score (nSPS) is 11.0. The third-order valence-electron chi connectivity index (χ3n) is 4.21. The molecule has 0 saturated heterocycles. The number of nitrogens with zero attached hydrogens (tertiary/aromatic N) is 1. The van der Waals surface area contributed by atoms with Crippen molar-refractivity contribution in [1.82, 2.24) is 4.98 Å². The van der Waals surface area contributed by atoms with Gasteiger partial charge in [0.25, 0.3) is 0 Å². The van der Waals surface area contributed by atoms with Crippen LogP contribution in [-0.2, 0) is 6.61 Å². The highest BCUT2D eigenvalue weighted by Gasteiger charge is 2.10. The van der Waals surface area contributed by atoms with E-state index in [4.69, 9.17) is 14.1 Å². The van der Waals surface area contributed by atoms with Gasteiger partial charge in [-0.15, -0.1) is 0 Å². The highest BCUT2D eigenvalue weighted by Crippen LogP contribution is 2.27. The fraction of sp³-hybridized carbons (Fsp3) is 0.136. The molecule has 0 bridgehead atoms. The Hall–Kier alpha value is -3.07. The summed E-state index contributed by atoms with van der Waals surface area (Å²) in [6.07, 6.45) is 0. The Kier molecular flexibility index (Phi) is 3.98. The molecular weight excluding hydrogens is 310 g/mol. The number of pyridine rings is 1. The molecule has 0 aliphatic heterocycles. The molecule has 0 spiro atoms. The van der Waals surface area contributed by atoms with E-state index < -0.39 is 0 Å². The lowest BCUT2D eigenvalue weighted by Gasteiger charge is -2.11. The molecule has 0 fully saturated rings. The number of fused-ring (bicyclic) bond motifs is 1. The van der Waals surface area contributed by atoms with Gasteiger partial charge in [0.05, 0.1) is 5.52 Å². The molecule has 0 aliphatic carbocycles. The number of rotatable bonds is 4. The topological polar surface area (TPSA) is 35.3 Å². The summed E-state index contributed by atoms with van der Waals surface area (Å²) in [4.78, 5) is 4.74. The van der Waals surface area contributed by atoms with E-state index in [1.165, 1.54) is 5.56 Å². The van der Waals surface area contributed by atoms with Crippen molar-refractivity contribution in [1.29, 1.82) is 0 Å². The fourth-order valence-corrected chi connectivity index (χ4v) is 2.86. The highest BCUT2D eigenvalue weighted by atomic mass is 16.5. The van der Waals surface area contributed by atoms with Crippen LogP contribution in [0.15, 0.2) is 71.1 Å². The van der Waals surface area contributed by atoms with Crippen LogP contribution in [0.2, 0.25) is 0 Å². The summed E-state index contributed by atoms with van der Waals surface area (Å²) < 4.78 is 11.7. The van der Waals surface area contributed by atoms with Crippen LogP contribution in [-0.4, -0.2) is 4.98 Å². The zero-order chi connectivity index (χ0) is 17.2. The van der Waals surface area contributed by atoms with Crippen molar-refractivity contribution in [2.75, 3.05) is 0 Å². The molecule has 0 unspecified atom stereocenters. The van der Waals surface area contributed by atoms with Crippen molar-refractivity contribution in [2.45, 2.75) is 20.5 Å². The molecule has 0 atom stereocenters. The molecule has 124 valence electrons. The Bertz CT molecular complexity index is 1020. The van der Waals surface area contributed by atoms with Crippen LogP contribution >= 0.6 is 0 Å². The van der Waals surface area contributed by atoms with Gasteiger partial charge in [0.15, 0.2) is 5.76 Å². The first-order chi connectivity index (χ1) is 12.2. The van der Waals surface area contributed by atoms with Crippen LogP contribution in [0.25, 0.3) is 22.4 Å². The van der Waals surface area contributed by atoms with E-state index in [1.807, 2.05) is 49.4 Å². The Labute approximate surface area is 146 Å². The van der Waals surface area contributed by atoms with E-state index >= 15 is 0 Å². The first kappa shape index (κ1) is 15.5. The molecule has 2 heterocycles. The Morgan fingerprint density at radius 1 is 0.920 bits per heavy atom. The first-order valence-corrected chi connectivity index (χ1v) is 8.34. The standard InChI is InChI=1S/C22H19NO2/c1-15-7-10-18(11-8-15)24-14-17-13-21(22-12-9-16(2)25-22)23-20-6-4-3-5-19(17)20/h3-13H,14H2,1-2H3. The van der Waals surface area contributed by atoms with Crippen molar-refractivity contribution in [2.24, 2.45) is 0 Å². The van der Waals surface area contributed by atoms with Gasteiger partial charge in [0.2, 0.25) is 0 Å². The first-order valence-electron chi connectivity index (χ1n) is 8.34. The molecule has 0 N–H and O–H groups in total. The van der Waals surface area contributed by atoms with Gasteiger partial charge in [0, 0.05) is 10.9 Å². The van der Waals surface area contributed by atoms with Crippen LogP contribution in [0.4, 0.5) is 0 Å². The molecule has 2 aromatic heterocycles. The van der Waals surface area contributed by atoms with Crippen molar-refractivity contribution < 1.29 is 9.15 Å². The van der Waals surface area contributed by atoms with Gasteiger partial charge in [-0.25, -0.2) is 4.98 Å². The summed E-state index contributed by atoms with van der Waals surface area (Å²) in [6.45, 7) is 4.49. The highest BCUT2D eigenvalue weighted by molar-refractivity contribution is 5.84. The van der Waals surface area contributed by atoms with Gasteiger partial charge < -0.3 is 9.15 Å². The zero-order valence-corrected chi connectivity index (χ0v) is 14.3. The molecular formula is C22H19NO2. The molecule has 0 saturated carbocycles. The van der Waals surface area contributed by atoms with Crippen molar-refractivity contribution in [3.05, 3.63) is 83.6 Å². The van der Waals surface area contributed by atoms with E-state index in [0.29, 0.717) is 6.61 Å². The van der Waals surface area contributed by atoms with Gasteiger partial charge in [-0.2, -0.15) is 0 Å². The minimum Gasteiger partial charge on any atom is -0.489 e. The van der Waals surface area contributed by atoms with E-state index in [-0.39, 0.29) is 0 Å². The maximum Gasteiger partial charge on any atom is 0.152 e. The third kappa shape index (κ3) is 3.26. The summed E-state index contributed by atoms with van der Waals surface area (Å²) in [7, 11) is 0. The number of benzene rings is 2. The molecule has 4 rings (SSSR count). The maximum atomic E-state index is 5.99. The summed E-state index contributed by atoms with van der Waals surface area (Å²) in [5, 5.41) is 1.10. The fourth-order valence-electron chi connectivity index (χ4n) is 2.86. The molecule has 4 aromatic rings. The largest absolute Gasteiger partial charge is 0.489 e. The van der Waals surface area contributed by atoms with Crippen LogP contribution in [0.3, 0.4) is 0 Å². The van der Waals surface area contributed by atoms with Gasteiger partial charge in [-0.3, -0.25) is 0 Å². The van der Waals surface area contributed by atoms with Crippen LogP contribution < -0.4 is 4.74 Å². The van der Waals surface area contributed by atoms with Crippen LogP contribution in [0.1, 0.15) is 16.9 Å². The molecule has 25 heavy (non-hydrogen) atoms.